The van der Waals surface area contributed by atoms with Crippen LogP contribution in [0.15, 0.2) is 30.5 Å². The molecule has 1 aromatic heterocycles. The lowest BCUT2D eigenvalue weighted by molar-refractivity contribution is 0.781. The van der Waals surface area contributed by atoms with Crippen molar-refractivity contribution in [1.29, 1.82) is 0 Å². The largest absolute Gasteiger partial charge is 0.396 e. The molecule has 0 aliphatic heterocycles. The Kier molecular flexibility index (Phi) is 2.17. The zero-order valence-corrected chi connectivity index (χ0v) is 7.40. The number of pyridine rings is 1. The van der Waals surface area contributed by atoms with Gasteiger partial charge in [0.25, 0.3) is 0 Å². The fourth-order valence-corrected chi connectivity index (χ4v) is 1.47. The van der Waals surface area contributed by atoms with Crippen LogP contribution in [-0.2, 0) is 0 Å². The van der Waals surface area contributed by atoms with Gasteiger partial charge in [0.15, 0.2) is 0 Å². The second kappa shape index (κ2) is 3.47. The Morgan fingerprint density at radius 1 is 1.38 bits per heavy atom. The van der Waals surface area contributed by atoms with Gasteiger partial charge < -0.3 is 11.1 Å². The van der Waals surface area contributed by atoms with E-state index in [-0.39, 0.29) is 0 Å². The van der Waals surface area contributed by atoms with E-state index in [1.54, 1.807) is 6.20 Å². The molecule has 3 heteroatoms. The highest BCUT2D eigenvalue weighted by atomic mass is 15.0. The minimum absolute atomic E-state index is 0.470. The van der Waals surface area contributed by atoms with Crippen molar-refractivity contribution in [1.82, 2.24) is 4.98 Å². The molecule has 0 amide bonds. The molecule has 0 saturated heterocycles. The van der Waals surface area contributed by atoms with Crippen LogP contribution in [0, 0.1) is 0 Å². The molecule has 1 aliphatic rings. The highest BCUT2D eigenvalue weighted by Gasteiger charge is 2.10. The number of hydrogen-bond donors (Lipinski definition) is 2. The molecule has 0 fully saturated rings. The summed E-state index contributed by atoms with van der Waals surface area (Å²) in [5.74, 6) is 0.802. The monoisotopic (exact) mass is 175 g/mol. The van der Waals surface area contributed by atoms with Crippen LogP contribution in [-0.4, -0.2) is 11.0 Å². The number of nitrogens with two attached hydrogens (primary N) is 1. The van der Waals surface area contributed by atoms with Crippen LogP contribution in [0.1, 0.15) is 12.8 Å². The van der Waals surface area contributed by atoms with Gasteiger partial charge in [-0.25, -0.2) is 4.98 Å². The summed E-state index contributed by atoms with van der Waals surface area (Å²) < 4.78 is 0. The van der Waals surface area contributed by atoms with E-state index in [4.69, 9.17) is 5.73 Å². The number of anilines is 2. The molecule has 0 saturated carbocycles. The summed E-state index contributed by atoms with van der Waals surface area (Å²) in [6, 6.07) is 4.17. The summed E-state index contributed by atoms with van der Waals surface area (Å²) in [4.78, 5) is 4.18. The molecule has 1 heterocycles. The number of nitrogens with zero attached hydrogens (tertiary/aromatic N) is 1. The quantitative estimate of drug-likeness (QED) is 0.674. The number of nitrogens with one attached hydrogen (secondary N) is 1. The molecular weight excluding hydrogens is 162 g/mol. The minimum atomic E-state index is 0.470. The van der Waals surface area contributed by atoms with Crippen molar-refractivity contribution in [2.24, 2.45) is 0 Å². The first-order valence-electron chi connectivity index (χ1n) is 4.48. The molecule has 0 aromatic carbocycles. The van der Waals surface area contributed by atoms with Gasteiger partial charge in [0.05, 0.1) is 5.69 Å². The van der Waals surface area contributed by atoms with Crippen LogP contribution < -0.4 is 11.1 Å². The Bertz CT molecular complexity index is 312. The summed E-state index contributed by atoms with van der Waals surface area (Å²) in [7, 11) is 0. The average molecular weight is 175 g/mol. The van der Waals surface area contributed by atoms with E-state index < -0.39 is 0 Å². The molecule has 0 spiro atoms. The number of aromatic nitrogens is 1. The van der Waals surface area contributed by atoms with E-state index >= 15 is 0 Å². The zero-order valence-electron chi connectivity index (χ0n) is 7.40. The van der Waals surface area contributed by atoms with Crippen molar-refractivity contribution in [3.63, 3.8) is 0 Å². The first kappa shape index (κ1) is 8.10. The Balaban J connectivity index is 2.05. The third-order valence-electron chi connectivity index (χ3n) is 2.19. The molecule has 3 nitrogen and oxygen atoms in total. The predicted molar refractivity (Wildman–Crippen MR) is 54.4 cm³/mol. The van der Waals surface area contributed by atoms with Crippen molar-refractivity contribution >= 4 is 11.5 Å². The molecule has 1 aliphatic carbocycles. The van der Waals surface area contributed by atoms with Crippen LogP contribution in [0.4, 0.5) is 11.5 Å². The van der Waals surface area contributed by atoms with Gasteiger partial charge >= 0.3 is 0 Å². The standard InChI is InChI=1S/C10H13N3/c11-9-6-3-7-12-10(9)13-8-4-1-2-5-8/h1-3,6-8H,4-5,11H2,(H,12,13). The first-order chi connectivity index (χ1) is 6.36. The molecule has 0 atom stereocenters. The van der Waals surface area contributed by atoms with E-state index in [2.05, 4.69) is 22.5 Å². The van der Waals surface area contributed by atoms with E-state index in [0.717, 1.165) is 24.3 Å². The van der Waals surface area contributed by atoms with E-state index in [0.29, 0.717) is 6.04 Å². The fourth-order valence-electron chi connectivity index (χ4n) is 1.47. The topological polar surface area (TPSA) is 50.9 Å². The van der Waals surface area contributed by atoms with E-state index in [1.165, 1.54) is 0 Å². The van der Waals surface area contributed by atoms with Crippen LogP contribution >= 0.6 is 0 Å². The van der Waals surface area contributed by atoms with Crippen LogP contribution in [0.25, 0.3) is 0 Å². The van der Waals surface area contributed by atoms with Crippen LogP contribution in [0.5, 0.6) is 0 Å². The predicted octanol–water partition coefficient (Wildman–Crippen LogP) is 1.79. The summed E-state index contributed by atoms with van der Waals surface area (Å²) in [5.41, 5.74) is 6.47. The van der Waals surface area contributed by atoms with Gasteiger partial charge in [-0.1, -0.05) is 12.2 Å². The number of hydrogen-bond acceptors (Lipinski definition) is 3. The van der Waals surface area contributed by atoms with Gasteiger partial charge in [0.1, 0.15) is 5.82 Å². The van der Waals surface area contributed by atoms with Gasteiger partial charge in [-0.3, -0.25) is 0 Å². The number of nitrogen functional groups attached to an aromatic ring is 1. The van der Waals surface area contributed by atoms with Gasteiger partial charge in [0, 0.05) is 12.2 Å². The molecule has 2 rings (SSSR count). The molecular formula is C10H13N3. The third kappa shape index (κ3) is 1.80. The molecule has 68 valence electrons. The fraction of sp³-hybridized carbons (Fsp3) is 0.300. The zero-order chi connectivity index (χ0) is 9.10. The van der Waals surface area contributed by atoms with E-state index in [1.807, 2.05) is 12.1 Å². The minimum Gasteiger partial charge on any atom is -0.396 e. The van der Waals surface area contributed by atoms with Gasteiger partial charge in [0.2, 0.25) is 0 Å². The summed E-state index contributed by atoms with van der Waals surface area (Å²) in [5, 5.41) is 3.31. The molecule has 0 unspecified atom stereocenters. The van der Waals surface area contributed by atoms with Crippen LogP contribution in [0.2, 0.25) is 0 Å². The average Bonchev–Trinajstić information content (AvgIpc) is 2.61. The lowest BCUT2D eigenvalue weighted by Crippen LogP contribution is -2.16. The first-order valence-corrected chi connectivity index (χ1v) is 4.48. The van der Waals surface area contributed by atoms with Gasteiger partial charge in [-0.15, -0.1) is 0 Å². The maximum absolute atomic E-state index is 5.75. The summed E-state index contributed by atoms with van der Waals surface area (Å²) in [6.07, 6.45) is 8.24. The summed E-state index contributed by atoms with van der Waals surface area (Å²) in [6.45, 7) is 0. The molecule has 13 heavy (non-hydrogen) atoms. The lowest BCUT2D eigenvalue weighted by Gasteiger charge is -2.13. The van der Waals surface area contributed by atoms with Gasteiger partial charge in [-0.2, -0.15) is 0 Å². The normalized spacial score (nSPS) is 16.3. The molecule has 3 N–H and O–H groups in total. The Morgan fingerprint density at radius 2 is 2.15 bits per heavy atom. The van der Waals surface area contributed by atoms with Crippen molar-refractivity contribution in [2.45, 2.75) is 18.9 Å². The van der Waals surface area contributed by atoms with Gasteiger partial charge in [-0.05, 0) is 25.0 Å². The van der Waals surface area contributed by atoms with Crippen molar-refractivity contribution in [3.05, 3.63) is 30.5 Å². The maximum atomic E-state index is 5.75. The highest BCUT2D eigenvalue weighted by Crippen LogP contribution is 2.19. The third-order valence-corrected chi connectivity index (χ3v) is 2.19. The summed E-state index contributed by atoms with van der Waals surface area (Å²) >= 11 is 0. The lowest BCUT2D eigenvalue weighted by atomic mass is 10.2. The smallest absolute Gasteiger partial charge is 0.149 e. The SMILES string of the molecule is Nc1cccnc1NC1CC=CC1. The Labute approximate surface area is 77.7 Å². The van der Waals surface area contributed by atoms with Crippen molar-refractivity contribution in [2.75, 3.05) is 11.1 Å². The molecule has 1 aromatic rings. The second-order valence-corrected chi connectivity index (χ2v) is 3.23. The second-order valence-electron chi connectivity index (χ2n) is 3.23. The van der Waals surface area contributed by atoms with Crippen molar-refractivity contribution < 1.29 is 0 Å². The molecule has 0 radical (unpaired) electrons. The maximum Gasteiger partial charge on any atom is 0.149 e. The molecule has 0 bridgehead atoms. The number of rotatable bonds is 2. The Hall–Kier alpha value is -1.51. The van der Waals surface area contributed by atoms with E-state index in [9.17, 15) is 0 Å². The highest BCUT2D eigenvalue weighted by molar-refractivity contribution is 5.60. The van der Waals surface area contributed by atoms with Crippen LogP contribution in [0.3, 0.4) is 0 Å². The van der Waals surface area contributed by atoms with Crippen molar-refractivity contribution in [3.8, 4) is 0 Å². The Morgan fingerprint density at radius 3 is 2.85 bits per heavy atom.